The van der Waals surface area contributed by atoms with Crippen molar-refractivity contribution in [3.05, 3.63) is 54.6 Å². The van der Waals surface area contributed by atoms with Crippen LogP contribution in [0.2, 0.25) is 0 Å². The van der Waals surface area contributed by atoms with E-state index in [-0.39, 0.29) is 18.0 Å². The van der Waals surface area contributed by atoms with Gasteiger partial charge in [-0.25, -0.2) is 4.79 Å². The van der Waals surface area contributed by atoms with Gasteiger partial charge in [0.05, 0.1) is 6.04 Å². The molecule has 0 fully saturated rings. The zero-order valence-electron chi connectivity index (χ0n) is 14.7. The van der Waals surface area contributed by atoms with Gasteiger partial charge in [-0.3, -0.25) is 9.69 Å². The number of carbonyl (C=O) groups is 2. The fraction of sp³-hybridized carbons (Fsp3) is 0.263. The maximum absolute atomic E-state index is 12.2. The zero-order valence-corrected chi connectivity index (χ0v) is 14.7. The van der Waals surface area contributed by atoms with Crippen molar-refractivity contribution < 1.29 is 9.59 Å². The van der Waals surface area contributed by atoms with Crippen LogP contribution in [0.4, 0.5) is 21.9 Å². The minimum Gasteiger partial charge on any atom is -0.325 e. The van der Waals surface area contributed by atoms with Gasteiger partial charge in [-0.15, -0.1) is 0 Å². The summed E-state index contributed by atoms with van der Waals surface area (Å²) in [6.45, 7) is 1.97. The van der Waals surface area contributed by atoms with E-state index < -0.39 is 0 Å². The predicted molar refractivity (Wildman–Crippen MR) is 102 cm³/mol. The van der Waals surface area contributed by atoms with E-state index in [0.717, 1.165) is 12.1 Å². The van der Waals surface area contributed by atoms with Crippen LogP contribution in [-0.4, -0.2) is 37.0 Å². The average molecular weight is 340 g/mol. The lowest BCUT2D eigenvalue weighted by molar-refractivity contribution is -0.120. The number of carbonyl (C=O) groups excluding carboxylic acids is 2. The third-order valence-corrected chi connectivity index (χ3v) is 3.75. The van der Waals surface area contributed by atoms with Gasteiger partial charge in [0.25, 0.3) is 0 Å². The molecule has 0 saturated carbocycles. The molecule has 6 heteroatoms. The van der Waals surface area contributed by atoms with Crippen molar-refractivity contribution in [2.24, 2.45) is 0 Å². The van der Waals surface area contributed by atoms with Crippen LogP contribution in [0.3, 0.4) is 0 Å². The van der Waals surface area contributed by atoms with Crippen molar-refractivity contribution in [3.8, 4) is 0 Å². The third kappa shape index (κ3) is 5.61. The molecule has 25 heavy (non-hydrogen) atoms. The number of urea groups is 1. The molecule has 0 aliphatic rings. The second-order valence-electron chi connectivity index (χ2n) is 5.90. The van der Waals surface area contributed by atoms with Crippen LogP contribution < -0.4 is 16.0 Å². The molecule has 0 aromatic heterocycles. The van der Waals surface area contributed by atoms with Crippen molar-refractivity contribution in [2.75, 3.05) is 30.0 Å². The standard InChI is InChI=1S/C19H24N4O2/c1-4-17(23(2)3)18(24)20-15-10-12-16(13-11-15)22-19(25)21-14-8-6-5-7-9-14/h5-13,17H,4H2,1-3H3,(H,20,24)(H2,21,22,25)/t17-/m1/s1. The Morgan fingerprint density at radius 1 is 0.840 bits per heavy atom. The summed E-state index contributed by atoms with van der Waals surface area (Å²) < 4.78 is 0. The van der Waals surface area contributed by atoms with Crippen molar-refractivity contribution >= 4 is 29.0 Å². The Balaban J connectivity index is 1.91. The van der Waals surface area contributed by atoms with Crippen molar-refractivity contribution in [3.63, 3.8) is 0 Å². The van der Waals surface area contributed by atoms with Gasteiger partial charge in [0.2, 0.25) is 5.91 Å². The number of anilines is 3. The highest BCUT2D eigenvalue weighted by atomic mass is 16.2. The van der Waals surface area contributed by atoms with Gasteiger partial charge in [-0.1, -0.05) is 25.1 Å². The van der Waals surface area contributed by atoms with Crippen LogP contribution in [0.25, 0.3) is 0 Å². The van der Waals surface area contributed by atoms with Gasteiger partial charge >= 0.3 is 6.03 Å². The molecule has 132 valence electrons. The molecular weight excluding hydrogens is 316 g/mol. The van der Waals surface area contributed by atoms with Crippen molar-refractivity contribution in [1.29, 1.82) is 0 Å². The summed E-state index contributed by atoms with van der Waals surface area (Å²) >= 11 is 0. The molecule has 6 nitrogen and oxygen atoms in total. The minimum absolute atomic E-state index is 0.0463. The average Bonchev–Trinajstić information content (AvgIpc) is 2.57. The summed E-state index contributed by atoms with van der Waals surface area (Å²) in [6, 6.07) is 15.7. The Kier molecular flexibility index (Phi) is 6.54. The Labute approximate surface area is 148 Å². The maximum atomic E-state index is 12.2. The second-order valence-corrected chi connectivity index (χ2v) is 5.90. The van der Waals surface area contributed by atoms with Crippen LogP contribution in [0, 0.1) is 0 Å². The molecular formula is C19H24N4O2. The molecule has 0 aliphatic carbocycles. The van der Waals surface area contributed by atoms with E-state index in [1.165, 1.54) is 0 Å². The first-order chi connectivity index (χ1) is 12.0. The summed E-state index contributed by atoms with van der Waals surface area (Å²) in [5, 5.41) is 8.38. The molecule has 0 radical (unpaired) electrons. The smallest absolute Gasteiger partial charge is 0.323 e. The molecule has 3 N–H and O–H groups in total. The topological polar surface area (TPSA) is 73.5 Å². The molecule has 2 aromatic carbocycles. The van der Waals surface area contributed by atoms with Gasteiger partial charge in [0.1, 0.15) is 0 Å². The fourth-order valence-electron chi connectivity index (χ4n) is 2.46. The highest BCUT2D eigenvalue weighted by Crippen LogP contribution is 2.15. The van der Waals surface area contributed by atoms with Gasteiger partial charge in [0, 0.05) is 17.1 Å². The van der Waals surface area contributed by atoms with E-state index in [1.54, 1.807) is 24.3 Å². The van der Waals surface area contributed by atoms with Gasteiger partial charge in [-0.05, 0) is 56.9 Å². The first-order valence-electron chi connectivity index (χ1n) is 8.20. The minimum atomic E-state index is -0.318. The first-order valence-corrected chi connectivity index (χ1v) is 8.20. The Morgan fingerprint density at radius 2 is 1.32 bits per heavy atom. The van der Waals surface area contributed by atoms with E-state index in [9.17, 15) is 9.59 Å². The van der Waals surface area contributed by atoms with Gasteiger partial charge in [0.15, 0.2) is 0 Å². The van der Waals surface area contributed by atoms with Crippen LogP contribution in [0.5, 0.6) is 0 Å². The molecule has 0 saturated heterocycles. The van der Waals surface area contributed by atoms with Crippen LogP contribution in [-0.2, 0) is 4.79 Å². The molecule has 2 aromatic rings. The van der Waals surface area contributed by atoms with Gasteiger partial charge in [-0.2, -0.15) is 0 Å². The number of nitrogens with one attached hydrogen (secondary N) is 3. The van der Waals surface area contributed by atoms with E-state index in [1.807, 2.05) is 56.3 Å². The zero-order chi connectivity index (χ0) is 18.2. The molecule has 3 amide bonds. The number of likely N-dealkylation sites (N-methyl/N-ethyl adjacent to an activating group) is 1. The number of hydrogen-bond donors (Lipinski definition) is 3. The summed E-state index contributed by atoms with van der Waals surface area (Å²) in [4.78, 5) is 26.1. The molecule has 2 rings (SSSR count). The number of hydrogen-bond acceptors (Lipinski definition) is 3. The summed E-state index contributed by atoms with van der Waals surface area (Å²) in [6.07, 6.45) is 0.734. The Bertz CT molecular complexity index is 699. The highest BCUT2D eigenvalue weighted by molar-refractivity contribution is 6.00. The van der Waals surface area contributed by atoms with Crippen LogP contribution in [0.15, 0.2) is 54.6 Å². The summed E-state index contributed by atoms with van der Waals surface area (Å²) in [5.41, 5.74) is 2.06. The Morgan fingerprint density at radius 3 is 1.80 bits per heavy atom. The maximum Gasteiger partial charge on any atom is 0.323 e. The van der Waals surface area contributed by atoms with Gasteiger partial charge < -0.3 is 16.0 Å². The molecule has 0 aliphatic heterocycles. The SMILES string of the molecule is CC[C@H](C(=O)Nc1ccc(NC(=O)Nc2ccccc2)cc1)N(C)C. The number of amides is 3. The van der Waals surface area contributed by atoms with Crippen LogP contribution >= 0.6 is 0 Å². The van der Waals surface area contributed by atoms with E-state index in [2.05, 4.69) is 16.0 Å². The van der Waals surface area contributed by atoms with E-state index in [0.29, 0.717) is 11.4 Å². The lowest BCUT2D eigenvalue weighted by atomic mass is 10.2. The highest BCUT2D eigenvalue weighted by Gasteiger charge is 2.18. The summed E-state index contributed by atoms with van der Waals surface area (Å²) in [5.74, 6) is -0.0463. The number of rotatable bonds is 6. The number of para-hydroxylation sites is 1. The predicted octanol–water partition coefficient (Wildman–Crippen LogP) is 3.61. The monoisotopic (exact) mass is 340 g/mol. The number of nitrogens with zero attached hydrogens (tertiary/aromatic N) is 1. The van der Waals surface area contributed by atoms with Crippen LogP contribution in [0.1, 0.15) is 13.3 Å². The molecule has 1 atom stereocenters. The van der Waals surface area contributed by atoms with E-state index in [4.69, 9.17) is 0 Å². The first kappa shape index (κ1) is 18.5. The normalized spacial score (nSPS) is 11.7. The van der Waals surface area contributed by atoms with E-state index >= 15 is 0 Å². The number of benzene rings is 2. The fourth-order valence-corrected chi connectivity index (χ4v) is 2.46. The largest absolute Gasteiger partial charge is 0.325 e. The molecule has 0 spiro atoms. The van der Waals surface area contributed by atoms with Crippen molar-refractivity contribution in [2.45, 2.75) is 19.4 Å². The quantitative estimate of drug-likeness (QED) is 0.752. The lowest BCUT2D eigenvalue weighted by Gasteiger charge is -2.21. The second kappa shape index (κ2) is 8.84. The van der Waals surface area contributed by atoms with Crippen molar-refractivity contribution in [1.82, 2.24) is 4.90 Å². The summed E-state index contributed by atoms with van der Waals surface area (Å²) in [7, 11) is 3.76. The lowest BCUT2D eigenvalue weighted by Crippen LogP contribution is -2.39. The Hall–Kier alpha value is -2.86. The molecule has 0 bridgehead atoms. The molecule has 0 heterocycles. The molecule has 0 unspecified atom stereocenters. The third-order valence-electron chi connectivity index (χ3n) is 3.75.